The van der Waals surface area contributed by atoms with Crippen LogP contribution in [0.15, 0.2) is 22.7 Å². The van der Waals surface area contributed by atoms with Crippen LogP contribution in [0.5, 0.6) is 0 Å². The monoisotopic (exact) mass is 253 g/mol. The van der Waals surface area contributed by atoms with Gasteiger partial charge in [0.2, 0.25) is 0 Å². The third kappa shape index (κ3) is 2.75. The van der Waals surface area contributed by atoms with Crippen molar-refractivity contribution in [2.24, 2.45) is 0 Å². The highest BCUT2D eigenvalue weighted by Gasteiger charge is 2.12. The van der Waals surface area contributed by atoms with Gasteiger partial charge in [-0.25, -0.2) is 0 Å². The summed E-state index contributed by atoms with van der Waals surface area (Å²) in [6.45, 7) is 2.83. The predicted octanol–water partition coefficient (Wildman–Crippen LogP) is 2.51. The Hall–Kier alpha value is -1.59. The van der Waals surface area contributed by atoms with Gasteiger partial charge in [0, 0.05) is 12.3 Å². The maximum Gasteiger partial charge on any atom is 0.259 e. The van der Waals surface area contributed by atoms with Crippen LogP contribution in [-0.2, 0) is 11.3 Å². The van der Waals surface area contributed by atoms with E-state index in [0.717, 1.165) is 0 Å². The lowest BCUT2D eigenvalue weighted by molar-refractivity contribution is 0.126. The lowest BCUT2D eigenvalue weighted by Crippen LogP contribution is -1.93. The number of halogens is 1. The van der Waals surface area contributed by atoms with Crippen LogP contribution in [0.2, 0.25) is 5.02 Å². The van der Waals surface area contributed by atoms with Crippen molar-refractivity contribution in [1.29, 1.82) is 0 Å². The number of rotatable bonds is 4. The fourth-order valence-electron chi connectivity index (χ4n) is 1.32. The van der Waals surface area contributed by atoms with Crippen LogP contribution in [0.25, 0.3) is 11.5 Å². The van der Waals surface area contributed by atoms with Crippen LogP contribution in [0.1, 0.15) is 12.7 Å². The molecular formula is C11H12ClN3O2. The highest BCUT2D eigenvalue weighted by molar-refractivity contribution is 6.33. The molecule has 0 saturated heterocycles. The van der Waals surface area contributed by atoms with Gasteiger partial charge < -0.3 is 15.0 Å². The van der Waals surface area contributed by atoms with Crippen molar-refractivity contribution in [3.05, 3.63) is 29.0 Å². The lowest BCUT2D eigenvalue weighted by atomic mass is 10.2. The first-order valence-electron chi connectivity index (χ1n) is 5.16. The zero-order valence-electron chi connectivity index (χ0n) is 9.31. The summed E-state index contributed by atoms with van der Waals surface area (Å²) in [5, 5.41) is 4.28. The topological polar surface area (TPSA) is 74.2 Å². The average Bonchev–Trinajstić information content (AvgIpc) is 2.75. The van der Waals surface area contributed by atoms with Gasteiger partial charge in [-0.05, 0) is 25.1 Å². The number of anilines is 1. The fourth-order valence-corrected chi connectivity index (χ4v) is 1.59. The minimum Gasteiger partial charge on any atom is -0.399 e. The van der Waals surface area contributed by atoms with Gasteiger partial charge in [-0.1, -0.05) is 16.8 Å². The zero-order valence-corrected chi connectivity index (χ0v) is 10.1. The van der Waals surface area contributed by atoms with Gasteiger partial charge in [-0.3, -0.25) is 0 Å². The van der Waals surface area contributed by atoms with Crippen molar-refractivity contribution in [1.82, 2.24) is 10.1 Å². The van der Waals surface area contributed by atoms with E-state index in [1.165, 1.54) is 0 Å². The molecule has 0 bridgehead atoms. The molecule has 2 rings (SSSR count). The Morgan fingerprint density at radius 1 is 1.47 bits per heavy atom. The zero-order chi connectivity index (χ0) is 12.3. The summed E-state index contributed by atoms with van der Waals surface area (Å²) >= 11 is 6.04. The Morgan fingerprint density at radius 3 is 3.00 bits per heavy atom. The predicted molar refractivity (Wildman–Crippen MR) is 64.5 cm³/mol. The molecule has 5 nitrogen and oxygen atoms in total. The fraction of sp³-hybridized carbons (Fsp3) is 0.273. The minimum absolute atomic E-state index is 0.326. The molecule has 0 radical (unpaired) electrons. The molecule has 0 aliphatic heterocycles. The minimum atomic E-state index is 0.326. The van der Waals surface area contributed by atoms with E-state index in [1.807, 2.05) is 6.92 Å². The summed E-state index contributed by atoms with van der Waals surface area (Å²) in [4.78, 5) is 4.18. The van der Waals surface area contributed by atoms with Crippen LogP contribution < -0.4 is 5.73 Å². The molecule has 0 unspecified atom stereocenters. The summed E-state index contributed by atoms with van der Waals surface area (Å²) in [5.41, 5.74) is 6.86. The second-order valence-corrected chi connectivity index (χ2v) is 3.80. The number of ether oxygens (including phenoxy) is 1. The molecule has 1 aromatic carbocycles. The van der Waals surface area contributed by atoms with Crippen LogP contribution in [0.4, 0.5) is 5.69 Å². The second-order valence-electron chi connectivity index (χ2n) is 3.39. The van der Waals surface area contributed by atoms with Gasteiger partial charge in [-0.15, -0.1) is 0 Å². The lowest BCUT2D eigenvalue weighted by Gasteiger charge is -1.99. The molecule has 0 saturated carbocycles. The number of hydrogen-bond donors (Lipinski definition) is 1. The van der Waals surface area contributed by atoms with E-state index in [-0.39, 0.29) is 0 Å². The number of hydrogen-bond acceptors (Lipinski definition) is 5. The van der Waals surface area contributed by atoms with E-state index in [9.17, 15) is 0 Å². The van der Waals surface area contributed by atoms with Crippen molar-refractivity contribution in [2.75, 3.05) is 12.3 Å². The highest BCUT2D eigenvalue weighted by Crippen LogP contribution is 2.28. The van der Waals surface area contributed by atoms with Crippen molar-refractivity contribution in [3.8, 4) is 11.5 Å². The first-order chi connectivity index (χ1) is 8.20. The summed E-state index contributed by atoms with van der Waals surface area (Å²) in [5.74, 6) is 0.861. The van der Waals surface area contributed by atoms with Gasteiger partial charge in [0.25, 0.3) is 5.89 Å². The van der Waals surface area contributed by atoms with Crippen LogP contribution in [0.3, 0.4) is 0 Å². The molecule has 1 aromatic heterocycles. The van der Waals surface area contributed by atoms with Crippen molar-refractivity contribution < 1.29 is 9.26 Å². The summed E-state index contributed by atoms with van der Waals surface area (Å²) in [6, 6.07) is 5.12. The third-order valence-corrected chi connectivity index (χ3v) is 2.44. The summed E-state index contributed by atoms with van der Waals surface area (Å²) < 4.78 is 10.3. The maximum absolute atomic E-state index is 6.04. The van der Waals surface area contributed by atoms with Gasteiger partial charge in [0.05, 0.1) is 10.6 Å². The summed E-state index contributed by atoms with van der Waals surface area (Å²) in [6.07, 6.45) is 0. The van der Waals surface area contributed by atoms with Crippen molar-refractivity contribution in [2.45, 2.75) is 13.5 Å². The Morgan fingerprint density at radius 2 is 2.29 bits per heavy atom. The van der Waals surface area contributed by atoms with Crippen molar-refractivity contribution in [3.63, 3.8) is 0 Å². The van der Waals surface area contributed by atoms with E-state index in [0.29, 0.717) is 41.2 Å². The van der Waals surface area contributed by atoms with Gasteiger partial charge in [0.1, 0.15) is 6.61 Å². The molecule has 6 heteroatoms. The van der Waals surface area contributed by atoms with E-state index < -0.39 is 0 Å². The first-order valence-corrected chi connectivity index (χ1v) is 5.54. The van der Waals surface area contributed by atoms with Gasteiger partial charge >= 0.3 is 0 Å². The maximum atomic E-state index is 6.04. The Bertz CT molecular complexity index is 513. The molecule has 0 aliphatic rings. The summed E-state index contributed by atoms with van der Waals surface area (Å²) in [7, 11) is 0. The number of nitrogens with zero attached hydrogens (tertiary/aromatic N) is 2. The third-order valence-electron chi connectivity index (χ3n) is 2.13. The molecule has 0 spiro atoms. The van der Waals surface area contributed by atoms with Crippen LogP contribution in [-0.4, -0.2) is 16.7 Å². The van der Waals surface area contributed by atoms with Crippen LogP contribution in [0, 0.1) is 0 Å². The normalized spacial score (nSPS) is 10.7. The molecule has 1 heterocycles. The van der Waals surface area contributed by atoms with E-state index in [2.05, 4.69) is 10.1 Å². The molecule has 2 N–H and O–H groups in total. The smallest absolute Gasteiger partial charge is 0.259 e. The molecule has 0 amide bonds. The molecule has 0 aliphatic carbocycles. The van der Waals surface area contributed by atoms with Crippen molar-refractivity contribution >= 4 is 17.3 Å². The molecule has 0 fully saturated rings. The van der Waals surface area contributed by atoms with Crippen LogP contribution >= 0.6 is 11.6 Å². The number of benzene rings is 1. The molecule has 90 valence electrons. The second kappa shape index (κ2) is 5.16. The van der Waals surface area contributed by atoms with E-state index in [4.69, 9.17) is 26.6 Å². The molecule has 0 atom stereocenters. The molecular weight excluding hydrogens is 242 g/mol. The molecule has 2 aromatic rings. The quantitative estimate of drug-likeness (QED) is 0.848. The Labute approximate surface area is 104 Å². The first kappa shape index (κ1) is 11.9. The Kier molecular flexibility index (Phi) is 3.61. The van der Waals surface area contributed by atoms with Gasteiger partial charge in [-0.2, -0.15) is 4.98 Å². The van der Waals surface area contributed by atoms with Gasteiger partial charge in [0.15, 0.2) is 5.82 Å². The van der Waals surface area contributed by atoms with E-state index in [1.54, 1.807) is 18.2 Å². The largest absolute Gasteiger partial charge is 0.399 e. The van der Waals surface area contributed by atoms with E-state index >= 15 is 0 Å². The number of aromatic nitrogens is 2. The number of nitrogens with two attached hydrogens (primary N) is 1. The molecule has 17 heavy (non-hydrogen) atoms. The average molecular weight is 254 g/mol. The SMILES string of the molecule is CCOCc1noc(-c2ccc(N)cc2Cl)n1. The Balaban J connectivity index is 2.24. The standard InChI is InChI=1S/C11H12ClN3O2/c1-2-16-6-10-14-11(17-15-10)8-4-3-7(13)5-9(8)12/h3-5H,2,6,13H2,1H3. The highest BCUT2D eigenvalue weighted by atomic mass is 35.5. The number of nitrogen functional groups attached to an aromatic ring is 1.